The van der Waals surface area contributed by atoms with Crippen molar-refractivity contribution in [2.45, 2.75) is 39.0 Å². The van der Waals surface area contributed by atoms with E-state index in [1.807, 2.05) is 54.6 Å². The fourth-order valence-corrected chi connectivity index (χ4v) is 4.50. The number of amides is 1. The van der Waals surface area contributed by atoms with Crippen molar-refractivity contribution in [2.24, 2.45) is 5.41 Å². The Balaban J connectivity index is 1.90. The number of carbonyl (C=O) groups is 2. The Morgan fingerprint density at radius 1 is 1.00 bits per heavy atom. The van der Waals surface area contributed by atoms with Crippen LogP contribution in [0, 0.1) is 5.41 Å². The summed E-state index contributed by atoms with van der Waals surface area (Å²) in [5.74, 6) is -0.0650. The second-order valence-corrected chi connectivity index (χ2v) is 8.61. The summed E-state index contributed by atoms with van der Waals surface area (Å²) in [7, 11) is 0. The molecule has 2 aliphatic rings. The van der Waals surface area contributed by atoms with Gasteiger partial charge in [0.15, 0.2) is 5.78 Å². The SMILES string of the molecule is CC1(C)CC(=O)C2=C(C1)N(c1ccccc1)C(=O)CC2c1cccc(Cl)c1. The summed E-state index contributed by atoms with van der Waals surface area (Å²) in [4.78, 5) is 28.1. The number of benzene rings is 2. The number of hydrogen-bond acceptors (Lipinski definition) is 2. The third-order valence-corrected chi connectivity index (χ3v) is 5.64. The zero-order valence-corrected chi connectivity index (χ0v) is 16.3. The minimum Gasteiger partial charge on any atom is -0.294 e. The number of allylic oxidation sites excluding steroid dienone is 2. The van der Waals surface area contributed by atoms with Gasteiger partial charge in [-0.25, -0.2) is 0 Å². The van der Waals surface area contributed by atoms with Crippen molar-refractivity contribution in [3.05, 3.63) is 76.5 Å². The van der Waals surface area contributed by atoms with Gasteiger partial charge in [0.2, 0.25) is 5.91 Å². The molecule has 1 unspecified atom stereocenters. The van der Waals surface area contributed by atoms with Crippen LogP contribution in [-0.4, -0.2) is 11.7 Å². The summed E-state index contributed by atoms with van der Waals surface area (Å²) in [5, 5.41) is 0.621. The second-order valence-electron chi connectivity index (χ2n) is 8.18. The maximum Gasteiger partial charge on any atom is 0.232 e. The highest BCUT2D eigenvalue weighted by atomic mass is 35.5. The van der Waals surface area contributed by atoms with E-state index in [4.69, 9.17) is 11.6 Å². The largest absolute Gasteiger partial charge is 0.294 e. The minimum atomic E-state index is -0.227. The average Bonchev–Trinajstić information content (AvgIpc) is 2.60. The molecule has 1 atom stereocenters. The molecule has 0 spiro atoms. The highest BCUT2D eigenvalue weighted by molar-refractivity contribution is 6.30. The van der Waals surface area contributed by atoms with Crippen LogP contribution in [-0.2, 0) is 9.59 Å². The summed E-state index contributed by atoms with van der Waals surface area (Å²) >= 11 is 6.19. The molecule has 27 heavy (non-hydrogen) atoms. The Morgan fingerprint density at radius 3 is 2.44 bits per heavy atom. The molecule has 138 valence electrons. The standard InChI is InChI=1S/C23H22ClNO2/c1-23(2)13-19-22(20(26)14-23)18(15-7-6-8-16(24)11-15)12-21(27)25(19)17-9-4-3-5-10-17/h3-11,18H,12-14H2,1-2H3. The lowest BCUT2D eigenvalue weighted by Crippen LogP contribution is -2.43. The normalized spacial score (nSPS) is 22.0. The molecule has 0 aromatic heterocycles. The van der Waals surface area contributed by atoms with Crippen LogP contribution in [0.3, 0.4) is 0 Å². The van der Waals surface area contributed by atoms with E-state index in [0.29, 0.717) is 17.9 Å². The monoisotopic (exact) mass is 379 g/mol. The molecule has 0 bridgehead atoms. The van der Waals surface area contributed by atoms with Crippen LogP contribution < -0.4 is 4.90 Å². The Hall–Kier alpha value is -2.39. The van der Waals surface area contributed by atoms with E-state index in [1.54, 1.807) is 4.90 Å². The van der Waals surface area contributed by atoms with Gasteiger partial charge in [-0.15, -0.1) is 0 Å². The fourth-order valence-electron chi connectivity index (χ4n) is 4.30. The topological polar surface area (TPSA) is 37.4 Å². The molecule has 1 heterocycles. The van der Waals surface area contributed by atoms with Crippen LogP contribution in [0.4, 0.5) is 5.69 Å². The molecule has 1 aliphatic heterocycles. The summed E-state index contributed by atoms with van der Waals surface area (Å²) in [6.07, 6.45) is 1.48. The maximum absolute atomic E-state index is 13.2. The van der Waals surface area contributed by atoms with Crippen molar-refractivity contribution in [3.8, 4) is 0 Å². The molecule has 0 saturated heterocycles. The Bertz CT molecular complexity index is 946. The van der Waals surface area contributed by atoms with Gasteiger partial charge in [-0.3, -0.25) is 14.5 Å². The van der Waals surface area contributed by atoms with Gasteiger partial charge in [0.1, 0.15) is 0 Å². The van der Waals surface area contributed by atoms with E-state index in [0.717, 1.165) is 22.5 Å². The van der Waals surface area contributed by atoms with Crippen LogP contribution in [0.5, 0.6) is 0 Å². The van der Waals surface area contributed by atoms with Gasteiger partial charge in [0.25, 0.3) is 0 Å². The lowest BCUT2D eigenvalue weighted by atomic mass is 9.69. The van der Waals surface area contributed by atoms with Gasteiger partial charge in [0.05, 0.1) is 0 Å². The lowest BCUT2D eigenvalue weighted by Gasteiger charge is -2.43. The summed E-state index contributed by atoms with van der Waals surface area (Å²) in [6.45, 7) is 4.18. The predicted molar refractivity (Wildman–Crippen MR) is 108 cm³/mol. The molecule has 2 aromatic carbocycles. The zero-order chi connectivity index (χ0) is 19.2. The van der Waals surface area contributed by atoms with Crippen molar-refractivity contribution in [1.29, 1.82) is 0 Å². The summed E-state index contributed by atoms with van der Waals surface area (Å²) in [5.41, 5.74) is 3.22. The summed E-state index contributed by atoms with van der Waals surface area (Å²) in [6, 6.07) is 17.1. The number of rotatable bonds is 2. The Morgan fingerprint density at radius 2 is 1.74 bits per heavy atom. The van der Waals surface area contributed by atoms with Crippen LogP contribution in [0.2, 0.25) is 5.02 Å². The third-order valence-electron chi connectivity index (χ3n) is 5.41. The molecule has 3 nitrogen and oxygen atoms in total. The minimum absolute atomic E-state index is 0.0235. The molecule has 1 aliphatic carbocycles. The van der Waals surface area contributed by atoms with Crippen molar-refractivity contribution in [1.82, 2.24) is 0 Å². The molecular formula is C23H22ClNO2. The van der Waals surface area contributed by atoms with Crippen LogP contribution in [0.1, 0.15) is 44.6 Å². The number of nitrogens with zero attached hydrogens (tertiary/aromatic N) is 1. The van der Waals surface area contributed by atoms with Crippen molar-refractivity contribution >= 4 is 29.0 Å². The van der Waals surface area contributed by atoms with E-state index in [9.17, 15) is 9.59 Å². The van der Waals surface area contributed by atoms with Gasteiger partial charge in [-0.1, -0.05) is 55.8 Å². The lowest BCUT2D eigenvalue weighted by molar-refractivity contribution is -0.121. The number of halogens is 1. The van der Waals surface area contributed by atoms with Gasteiger partial charge >= 0.3 is 0 Å². The quantitative estimate of drug-likeness (QED) is 0.690. The Labute approximate surface area is 164 Å². The van der Waals surface area contributed by atoms with Gasteiger partial charge < -0.3 is 0 Å². The van der Waals surface area contributed by atoms with Crippen molar-refractivity contribution in [2.75, 3.05) is 4.90 Å². The number of para-hydroxylation sites is 1. The highest BCUT2D eigenvalue weighted by Gasteiger charge is 2.44. The molecule has 0 saturated carbocycles. The predicted octanol–water partition coefficient (Wildman–Crippen LogP) is 5.50. The van der Waals surface area contributed by atoms with Crippen LogP contribution in [0.15, 0.2) is 65.9 Å². The number of carbonyl (C=O) groups excluding carboxylic acids is 2. The molecule has 2 aromatic rings. The van der Waals surface area contributed by atoms with Crippen LogP contribution in [0.25, 0.3) is 0 Å². The van der Waals surface area contributed by atoms with Gasteiger partial charge in [-0.2, -0.15) is 0 Å². The van der Waals surface area contributed by atoms with E-state index in [2.05, 4.69) is 13.8 Å². The van der Waals surface area contributed by atoms with Crippen LogP contribution >= 0.6 is 11.6 Å². The van der Waals surface area contributed by atoms with Crippen molar-refractivity contribution < 1.29 is 9.59 Å². The van der Waals surface area contributed by atoms with E-state index < -0.39 is 0 Å². The first-order valence-corrected chi connectivity index (χ1v) is 9.63. The first kappa shape index (κ1) is 18.0. The molecule has 4 heteroatoms. The molecule has 0 N–H and O–H groups in total. The maximum atomic E-state index is 13.2. The zero-order valence-electron chi connectivity index (χ0n) is 15.5. The second kappa shape index (κ2) is 6.65. The first-order valence-electron chi connectivity index (χ1n) is 9.25. The molecule has 4 rings (SSSR count). The number of anilines is 1. The van der Waals surface area contributed by atoms with Gasteiger partial charge in [0, 0.05) is 40.7 Å². The molecular weight excluding hydrogens is 358 g/mol. The summed E-state index contributed by atoms with van der Waals surface area (Å²) < 4.78 is 0. The van der Waals surface area contributed by atoms with Crippen molar-refractivity contribution in [3.63, 3.8) is 0 Å². The molecule has 0 radical (unpaired) electrons. The fraction of sp³-hybridized carbons (Fsp3) is 0.304. The third kappa shape index (κ3) is 3.32. The smallest absolute Gasteiger partial charge is 0.232 e. The van der Waals surface area contributed by atoms with E-state index >= 15 is 0 Å². The van der Waals surface area contributed by atoms with Gasteiger partial charge in [-0.05, 0) is 41.7 Å². The highest BCUT2D eigenvalue weighted by Crippen LogP contribution is 2.48. The first-order chi connectivity index (χ1) is 12.9. The molecule has 0 fully saturated rings. The van der Waals surface area contributed by atoms with E-state index in [1.165, 1.54) is 0 Å². The van der Waals surface area contributed by atoms with E-state index in [-0.39, 0.29) is 29.4 Å². The Kier molecular flexibility index (Phi) is 4.43. The number of ketones is 1. The molecule has 1 amide bonds. The average molecular weight is 380 g/mol. The number of hydrogen-bond donors (Lipinski definition) is 0. The number of Topliss-reactive ketones (excluding diaryl/α,β-unsaturated/α-hetero) is 1.